The first-order valence-corrected chi connectivity index (χ1v) is 4.83. The van der Waals surface area contributed by atoms with E-state index in [1.165, 1.54) is 12.1 Å². The van der Waals surface area contributed by atoms with Crippen molar-refractivity contribution < 1.29 is 8.78 Å². The van der Waals surface area contributed by atoms with Crippen molar-refractivity contribution in [3.63, 3.8) is 0 Å². The smallest absolute Gasteiger partial charge is 0.126 e. The van der Waals surface area contributed by atoms with Gasteiger partial charge in [-0.25, -0.2) is 8.78 Å². The van der Waals surface area contributed by atoms with E-state index in [2.05, 4.69) is 6.92 Å². The molecule has 0 bridgehead atoms. The highest BCUT2D eigenvalue weighted by Crippen LogP contribution is 2.10. The molecule has 0 spiro atoms. The fourth-order valence-electron chi connectivity index (χ4n) is 1.19. The van der Waals surface area contributed by atoms with E-state index in [1.54, 1.807) is 0 Å². The molecular weight excluding hydrogens is 182 g/mol. The van der Waals surface area contributed by atoms with E-state index < -0.39 is 0 Å². The Hall–Kier alpha value is -1.18. The number of rotatable bonds is 4. The van der Waals surface area contributed by atoms with E-state index in [-0.39, 0.29) is 11.6 Å². The second-order valence-corrected chi connectivity index (χ2v) is 3.20. The van der Waals surface area contributed by atoms with Gasteiger partial charge >= 0.3 is 0 Å². The van der Waals surface area contributed by atoms with Crippen LogP contribution in [0.25, 0.3) is 0 Å². The van der Waals surface area contributed by atoms with E-state index in [9.17, 15) is 8.78 Å². The van der Waals surface area contributed by atoms with Crippen molar-refractivity contribution in [2.24, 2.45) is 0 Å². The second-order valence-electron chi connectivity index (χ2n) is 3.20. The van der Waals surface area contributed by atoms with Gasteiger partial charge in [0.15, 0.2) is 0 Å². The van der Waals surface area contributed by atoms with Crippen LogP contribution in [0.2, 0.25) is 0 Å². The summed E-state index contributed by atoms with van der Waals surface area (Å²) in [6.07, 6.45) is 6.38. The molecule has 0 aliphatic carbocycles. The highest BCUT2D eigenvalue weighted by atomic mass is 19.1. The third-order valence-corrected chi connectivity index (χ3v) is 1.97. The lowest BCUT2D eigenvalue weighted by Gasteiger charge is -1.98. The van der Waals surface area contributed by atoms with Crippen molar-refractivity contribution in [3.8, 4) is 0 Å². The van der Waals surface area contributed by atoms with Gasteiger partial charge in [0.2, 0.25) is 0 Å². The number of allylic oxidation sites excluding steroid dienone is 2. The highest BCUT2D eigenvalue weighted by molar-refractivity contribution is 5.21. The zero-order chi connectivity index (χ0) is 10.4. The van der Waals surface area contributed by atoms with Crippen LogP contribution in [0.3, 0.4) is 0 Å². The lowest BCUT2D eigenvalue weighted by Crippen LogP contribution is -1.89. The fourth-order valence-corrected chi connectivity index (χ4v) is 1.19. The first-order chi connectivity index (χ1) is 6.74. The number of unbranched alkanes of at least 4 members (excludes halogenated alkanes) is 1. The zero-order valence-corrected chi connectivity index (χ0v) is 8.26. The van der Waals surface area contributed by atoms with E-state index in [0.717, 1.165) is 18.9 Å². The highest BCUT2D eigenvalue weighted by Gasteiger charge is 2.00. The van der Waals surface area contributed by atoms with Crippen molar-refractivity contribution in [2.75, 3.05) is 0 Å². The van der Waals surface area contributed by atoms with Gasteiger partial charge in [-0.1, -0.05) is 25.5 Å². The van der Waals surface area contributed by atoms with Gasteiger partial charge in [0, 0.05) is 0 Å². The minimum atomic E-state index is -0.384. The molecule has 1 aromatic carbocycles. The molecule has 0 aliphatic rings. The maximum atomic E-state index is 13.1. The first kappa shape index (κ1) is 10.9. The van der Waals surface area contributed by atoms with Gasteiger partial charge in [-0.2, -0.15) is 0 Å². The Kier molecular flexibility index (Phi) is 4.30. The Bertz CT molecular complexity index is 316. The van der Waals surface area contributed by atoms with Crippen LogP contribution in [0.5, 0.6) is 0 Å². The maximum absolute atomic E-state index is 13.1. The Balaban J connectivity index is 2.62. The van der Waals surface area contributed by atoms with Crippen LogP contribution < -0.4 is 0 Å². The molecule has 0 amide bonds. The Morgan fingerprint density at radius 3 is 2.71 bits per heavy atom. The number of benzene rings is 1. The molecule has 0 atom stereocenters. The second kappa shape index (κ2) is 5.53. The van der Waals surface area contributed by atoms with Gasteiger partial charge in [0.1, 0.15) is 11.6 Å². The summed E-state index contributed by atoms with van der Waals surface area (Å²) < 4.78 is 25.8. The van der Waals surface area contributed by atoms with Gasteiger partial charge in [-0.05, 0) is 36.6 Å². The maximum Gasteiger partial charge on any atom is 0.126 e. The molecule has 0 aromatic heterocycles. The minimum absolute atomic E-state index is 0.340. The summed E-state index contributed by atoms with van der Waals surface area (Å²) >= 11 is 0. The molecule has 0 nitrogen and oxygen atoms in total. The van der Waals surface area contributed by atoms with Crippen LogP contribution in [-0.2, 0) is 6.42 Å². The van der Waals surface area contributed by atoms with E-state index in [0.29, 0.717) is 12.0 Å². The normalized spacial score (nSPS) is 11.1. The van der Waals surface area contributed by atoms with Crippen LogP contribution in [0, 0.1) is 11.6 Å². The molecule has 0 saturated heterocycles. The van der Waals surface area contributed by atoms with Crippen molar-refractivity contribution >= 4 is 0 Å². The monoisotopic (exact) mass is 196 g/mol. The summed E-state index contributed by atoms with van der Waals surface area (Å²) in [5.74, 6) is -0.724. The summed E-state index contributed by atoms with van der Waals surface area (Å²) in [5, 5.41) is 0. The van der Waals surface area contributed by atoms with Crippen molar-refractivity contribution in [3.05, 3.63) is 47.5 Å². The summed E-state index contributed by atoms with van der Waals surface area (Å²) in [5.41, 5.74) is 0.414. The Labute approximate surface area is 83.3 Å². The molecule has 2 heteroatoms. The molecule has 0 radical (unpaired) electrons. The van der Waals surface area contributed by atoms with Crippen LogP contribution in [0.15, 0.2) is 30.4 Å². The number of halogens is 2. The Morgan fingerprint density at radius 2 is 2.00 bits per heavy atom. The summed E-state index contributed by atoms with van der Waals surface area (Å²) in [7, 11) is 0. The average Bonchev–Trinajstić information content (AvgIpc) is 2.18. The van der Waals surface area contributed by atoms with E-state index >= 15 is 0 Å². The minimum Gasteiger partial charge on any atom is -0.207 e. The number of hydrogen-bond acceptors (Lipinski definition) is 0. The van der Waals surface area contributed by atoms with Gasteiger partial charge in [-0.15, -0.1) is 0 Å². The third-order valence-electron chi connectivity index (χ3n) is 1.97. The lowest BCUT2D eigenvalue weighted by molar-refractivity contribution is 0.589. The van der Waals surface area contributed by atoms with Crippen LogP contribution in [0.1, 0.15) is 25.3 Å². The molecule has 0 saturated carbocycles. The quantitative estimate of drug-likeness (QED) is 0.641. The molecule has 0 N–H and O–H groups in total. The van der Waals surface area contributed by atoms with E-state index in [4.69, 9.17) is 0 Å². The van der Waals surface area contributed by atoms with Gasteiger partial charge in [0.05, 0.1) is 0 Å². The van der Waals surface area contributed by atoms with Crippen LogP contribution in [0.4, 0.5) is 8.78 Å². The van der Waals surface area contributed by atoms with Gasteiger partial charge in [0.25, 0.3) is 0 Å². The molecule has 0 unspecified atom stereocenters. The van der Waals surface area contributed by atoms with Gasteiger partial charge in [-0.3, -0.25) is 0 Å². The average molecular weight is 196 g/mol. The Morgan fingerprint density at radius 1 is 1.21 bits per heavy atom. The molecule has 1 rings (SSSR count). The predicted molar refractivity (Wildman–Crippen MR) is 54.1 cm³/mol. The largest absolute Gasteiger partial charge is 0.207 e. The van der Waals surface area contributed by atoms with Crippen LogP contribution >= 0.6 is 0 Å². The first-order valence-electron chi connectivity index (χ1n) is 4.83. The topological polar surface area (TPSA) is 0 Å². The zero-order valence-electron chi connectivity index (χ0n) is 8.26. The standard InChI is InChI=1S/C12H14F2/c1-2-3-4-5-6-10-9-11(13)7-8-12(10)14/h4-5,7-9H,2-3,6H2,1H3/b5-4-. The van der Waals surface area contributed by atoms with Crippen LogP contribution in [-0.4, -0.2) is 0 Å². The third kappa shape index (κ3) is 3.29. The SMILES string of the molecule is CCC/C=C\Cc1cc(F)ccc1F. The molecule has 76 valence electrons. The molecule has 0 heterocycles. The molecule has 0 aliphatic heterocycles. The number of hydrogen-bond donors (Lipinski definition) is 0. The summed E-state index contributed by atoms with van der Waals surface area (Å²) in [4.78, 5) is 0. The fraction of sp³-hybridized carbons (Fsp3) is 0.333. The molecule has 14 heavy (non-hydrogen) atoms. The van der Waals surface area contributed by atoms with Crippen molar-refractivity contribution in [1.82, 2.24) is 0 Å². The molecule has 0 fully saturated rings. The molecule has 1 aromatic rings. The molecular formula is C12H14F2. The lowest BCUT2D eigenvalue weighted by atomic mass is 10.1. The summed E-state index contributed by atoms with van der Waals surface area (Å²) in [6, 6.07) is 3.54. The predicted octanol–water partition coefficient (Wildman–Crippen LogP) is 3.86. The van der Waals surface area contributed by atoms with Crippen molar-refractivity contribution in [2.45, 2.75) is 26.2 Å². The van der Waals surface area contributed by atoms with Gasteiger partial charge < -0.3 is 0 Å². The van der Waals surface area contributed by atoms with E-state index in [1.807, 2.05) is 12.2 Å². The van der Waals surface area contributed by atoms with Crippen molar-refractivity contribution in [1.29, 1.82) is 0 Å². The summed E-state index contributed by atoms with van der Waals surface area (Å²) in [6.45, 7) is 2.08.